The Morgan fingerprint density at radius 3 is 2.59 bits per heavy atom. The number of carbonyl (C=O) groups excluding carboxylic acids is 1. The maximum absolute atomic E-state index is 13.1. The lowest BCUT2D eigenvalue weighted by Crippen LogP contribution is -2.34. The summed E-state index contributed by atoms with van der Waals surface area (Å²) in [6.07, 6.45) is 3.11. The third-order valence-electron chi connectivity index (χ3n) is 6.04. The normalized spacial score (nSPS) is 17.6. The summed E-state index contributed by atoms with van der Waals surface area (Å²) in [7, 11) is 0. The van der Waals surface area contributed by atoms with E-state index in [9.17, 15) is 15.2 Å². The van der Waals surface area contributed by atoms with Crippen LogP contribution in [0.4, 0.5) is 17.2 Å². The van der Waals surface area contributed by atoms with Crippen LogP contribution in [-0.2, 0) is 0 Å². The number of phenolic OH excluding ortho intramolecular Hbond substituents is 1. The van der Waals surface area contributed by atoms with Crippen LogP contribution in [0.15, 0.2) is 89.2 Å². The first-order valence-electron chi connectivity index (χ1n) is 11.5. The van der Waals surface area contributed by atoms with E-state index in [1.165, 1.54) is 11.2 Å². The lowest BCUT2D eigenvalue weighted by molar-refractivity contribution is 0.102. The Morgan fingerprint density at radius 1 is 1.11 bits per heavy atom. The molecule has 4 aromatic rings. The number of phenols is 1. The number of nitrogens with one attached hydrogen (secondary N) is 2. The zero-order valence-corrected chi connectivity index (χ0v) is 20.2. The molecule has 1 atom stereocenters. The Labute approximate surface area is 213 Å². The number of aryl methyl sites for hydroxylation is 1. The molecular weight excluding hydrogens is 466 g/mol. The molecule has 182 valence electrons. The number of amides is 1. The molecule has 1 aliphatic rings. The van der Waals surface area contributed by atoms with Crippen LogP contribution in [0.2, 0.25) is 0 Å². The number of pyridine rings is 1. The largest absolute Gasteiger partial charge is 0.505 e. The van der Waals surface area contributed by atoms with Gasteiger partial charge < -0.3 is 10.4 Å². The van der Waals surface area contributed by atoms with Crippen molar-refractivity contribution in [1.82, 2.24) is 4.98 Å². The molecule has 2 heterocycles. The number of aromatic hydroxyl groups is 1. The molecule has 0 radical (unpaired) electrons. The first-order chi connectivity index (χ1) is 17.9. The lowest BCUT2D eigenvalue weighted by Gasteiger charge is -2.20. The smallest absolute Gasteiger partial charge is 0.259 e. The molecule has 9 nitrogen and oxygen atoms in total. The van der Waals surface area contributed by atoms with Crippen LogP contribution in [0.1, 0.15) is 22.8 Å². The zero-order valence-electron chi connectivity index (χ0n) is 20.2. The maximum Gasteiger partial charge on any atom is 0.259 e. The molecule has 0 bridgehead atoms. The number of benzene rings is 3. The predicted octanol–water partition coefficient (Wildman–Crippen LogP) is 5.26. The third kappa shape index (κ3) is 4.44. The SMILES string of the molecule is Cc1ccc(NC(=O)c2cc3ccccc3c(N/N=C3\N(c4ccccn4)N=CC3(C)C#N)c2O)cc1. The van der Waals surface area contributed by atoms with Crippen molar-refractivity contribution in [1.29, 1.82) is 5.26 Å². The summed E-state index contributed by atoms with van der Waals surface area (Å²) in [6.45, 7) is 3.64. The van der Waals surface area contributed by atoms with Gasteiger partial charge in [-0.25, -0.2) is 4.98 Å². The fraction of sp³-hybridized carbons (Fsp3) is 0.107. The Hall–Kier alpha value is -5.23. The zero-order chi connectivity index (χ0) is 26.0. The summed E-state index contributed by atoms with van der Waals surface area (Å²) in [5.74, 6) is 0.0175. The number of fused-ring (bicyclic) bond motifs is 1. The number of aromatic nitrogens is 1. The molecule has 0 saturated heterocycles. The van der Waals surface area contributed by atoms with E-state index in [4.69, 9.17) is 0 Å². The molecule has 5 rings (SSSR count). The molecule has 3 N–H and O–H groups in total. The minimum Gasteiger partial charge on any atom is -0.505 e. The van der Waals surface area contributed by atoms with E-state index < -0.39 is 11.3 Å². The van der Waals surface area contributed by atoms with Crippen molar-refractivity contribution in [2.45, 2.75) is 13.8 Å². The van der Waals surface area contributed by atoms with Crippen molar-refractivity contribution >= 4 is 45.9 Å². The van der Waals surface area contributed by atoms with E-state index in [1.54, 1.807) is 49.5 Å². The summed E-state index contributed by atoms with van der Waals surface area (Å²) in [5.41, 5.74) is 3.75. The van der Waals surface area contributed by atoms with E-state index in [0.717, 1.165) is 10.9 Å². The molecule has 37 heavy (non-hydrogen) atoms. The second-order valence-electron chi connectivity index (χ2n) is 8.79. The molecule has 1 unspecified atom stereocenters. The highest BCUT2D eigenvalue weighted by atomic mass is 16.3. The topological polar surface area (TPSA) is 126 Å². The number of hydrogen-bond donors (Lipinski definition) is 3. The number of nitriles is 1. The van der Waals surface area contributed by atoms with Gasteiger partial charge >= 0.3 is 0 Å². The highest BCUT2D eigenvalue weighted by Gasteiger charge is 2.40. The minimum absolute atomic E-state index is 0.0780. The monoisotopic (exact) mass is 489 g/mol. The van der Waals surface area contributed by atoms with Gasteiger partial charge in [0, 0.05) is 17.3 Å². The van der Waals surface area contributed by atoms with Crippen molar-refractivity contribution in [3.63, 3.8) is 0 Å². The van der Waals surface area contributed by atoms with Gasteiger partial charge in [-0.3, -0.25) is 10.2 Å². The molecule has 0 saturated carbocycles. The van der Waals surface area contributed by atoms with Crippen molar-refractivity contribution in [3.8, 4) is 11.8 Å². The van der Waals surface area contributed by atoms with Crippen LogP contribution in [0.3, 0.4) is 0 Å². The Morgan fingerprint density at radius 2 is 1.86 bits per heavy atom. The van der Waals surface area contributed by atoms with Crippen molar-refractivity contribution in [2.24, 2.45) is 15.6 Å². The average molecular weight is 490 g/mol. The average Bonchev–Trinajstić information content (AvgIpc) is 3.26. The van der Waals surface area contributed by atoms with E-state index in [1.807, 2.05) is 43.3 Å². The van der Waals surface area contributed by atoms with Crippen LogP contribution < -0.4 is 15.8 Å². The number of anilines is 3. The second-order valence-corrected chi connectivity index (χ2v) is 8.79. The Bertz CT molecular complexity index is 1590. The molecular formula is C28H23N7O2. The van der Waals surface area contributed by atoms with Crippen molar-refractivity contribution in [2.75, 3.05) is 15.8 Å². The molecule has 0 spiro atoms. The van der Waals surface area contributed by atoms with E-state index in [0.29, 0.717) is 16.9 Å². The molecule has 0 aliphatic carbocycles. The predicted molar refractivity (Wildman–Crippen MR) is 145 cm³/mol. The highest BCUT2D eigenvalue weighted by molar-refractivity contribution is 6.17. The van der Waals surface area contributed by atoms with E-state index in [2.05, 4.69) is 32.0 Å². The van der Waals surface area contributed by atoms with Gasteiger partial charge in [0.1, 0.15) is 5.69 Å². The van der Waals surface area contributed by atoms with Gasteiger partial charge in [-0.2, -0.15) is 20.5 Å². The number of hydrogen-bond acceptors (Lipinski definition) is 7. The molecule has 9 heteroatoms. The van der Waals surface area contributed by atoms with E-state index >= 15 is 0 Å². The highest BCUT2D eigenvalue weighted by Crippen LogP contribution is 2.37. The summed E-state index contributed by atoms with van der Waals surface area (Å²) in [5, 5.41) is 35.6. The fourth-order valence-corrected chi connectivity index (χ4v) is 3.96. The van der Waals surface area contributed by atoms with Gasteiger partial charge in [-0.05, 0) is 49.6 Å². The van der Waals surface area contributed by atoms with Gasteiger partial charge in [-0.15, -0.1) is 0 Å². The van der Waals surface area contributed by atoms with Crippen LogP contribution in [0.5, 0.6) is 5.75 Å². The first-order valence-corrected chi connectivity index (χ1v) is 11.5. The standard InChI is InChI=1S/C28H23N7O2/c1-18-10-12-20(13-11-18)32-26(37)22-15-19-7-3-4-8-21(19)24(25(22)36)33-34-27-28(2,16-29)17-31-35(27)23-9-5-6-14-30-23/h3-15,17,33,36H,1-2H3,(H,32,37)/b34-27-. The molecule has 3 aromatic carbocycles. The fourth-order valence-electron chi connectivity index (χ4n) is 3.96. The Balaban J connectivity index is 1.56. The summed E-state index contributed by atoms with van der Waals surface area (Å²) < 4.78 is 0. The summed E-state index contributed by atoms with van der Waals surface area (Å²) >= 11 is 0. The Kier molecular flexibility index (Phi) is 5.99. The quantitative estimate of drug-likeness (QED) is 0.259. The van der Waals surface area contributed by atoms with Crippen molar-refractivity contribution in [3.05, 3.63) is 90.1 Å². The van der Waals surface area contributed by atoms with Crippen LogP contribution in [0.25, 0.3) is 10.8 Å². The number of nitrogens with zero attached hydrogens (tertiary/aromatic N) is 5. The number of carbonyl (C=O) groups is 1. The maximum atomic E-state index is 13.1. The number of rotatable bonds is 5. The number of hydrazone groups is 2. The summed E-state index contributed by atoms with van der Waals surface area (Å²) in [4.78, 5) is 17.5. The first kappa shape index (κ1) is 23.5. The van der Waals surface area contributed by atoms with Crippen LogP contribution in [-0.4, -0.2) is 28.0 Å². The third-order valence-corrected chi connectivity index (χ3v) is 6.04. The van der Waals surface area contributed by atoms with Gasteiger partial charge in [-0.1, -0.05) is 48.0 Å². The molecule has 1 aliphatic heterocycles. The summed E-state index contributed by atoms with van der Waals surface area (Å²) in [6, 6.07) is 23.9. The molecule has 1 amide bonds. The van der Waals surface area contributed by atoms with E-state index in [-0.39, 0.29) is 22.8 Å². The van der Waals surface area contributed by atoms with Gasteiger partial charge in [0.05, 0.1) is 17.8 Å². The van der Waals surface area contributed by atoms with Gasteiger partial charge in [0.25, 0.3) is 5.91 Å². The number of amidine groups is 1. The lowest BCUT2D eigenvalue weighted by atomic mass is 9.93. The molecule has 0 fully saturated rings. The van der Waals surface area contributed by atoms with Gasteiger partial charge in [0.15, 0.2) is 22.8 Å². The van der Waals surface area contributed by atoms with Gasteiger partial charge in [0.2, 0.25) is 0 Å². The second kappa shape index (κ2) is 9.43. The minimum atomic E-state index is -1.14. The van der Waals surface area contributed by atoms with Crippen LogP contribution in [0, 0.1) is 23.7 Å². The van der Waals surface area contributed by atoms with Crippen LogP contribution >= 0.6 is 0 Å². The molecule has 1 aromatic heterocycles. The van der Waals surface area contributed by atoms with Crippen molar-refractivity contribution < 1.29 is 9.90 Å².